The van der Waals surface area contributed by atoms with Crippen LogP contribution in [0.1, 0.15) is 25.7 Å². The summed E-state index contributed by atoms with van der Waals surface area (Å²) in [6.07, 6.45) is 3.33. The minimum absolute atomic E-state index is 0.0714. The van der Waals surface area contributed by atoms with Gasteiger partial charge in [-0.15, -0.1) is 0 Å². The number of hydrogen-bond acceptors (Lipinski definition) is 5. The number of piperidine rings is 1. The van der Waals surface area contributed by atoms with Crippen molar-refractivity contribution in [3.05, 3.63) is 18.2 Å². The molecule has 2 N–H and O–H groups in total. The van der Waals surface area contributed by atoms with Gasteiger partial charge in [0.05, 0.1) is 12.8 Å². The van der Waals surface area contributed by atoms with Crippen LogP contribution in [0.15, 0.2) is 18.2 Å². The summed E-state index contributed by atoms with van der Waals surface area (Å²) in [6.45, 7) is 1.20. The van der Waals surface area contributed by atoms with Crippen molar-refractivity contribution < 1.29 is 23.9 Å². The molecule has 0 spiro atoms. The highest BCUT2D eigenvalue weighted by Crippen LogP contribution is 2.33. The van der Waals surface area contributed by atoms with Crippen LogP contribution in [-0.4, -0.2) is 56.5 Å². The Balaban J connectivity index is 1.57. The first kappa shape index (κ1) is 20.1. The van der Waals surface area contributed by atoms with Crippen LogP contribution in [0.5, 0.6) is 5.75 Å². The van der Waals surface area contributed by atoms with Gasteiger partial charge in [0.25, 0.3) is 0 Å². The van der Waals surface area contributed by atoms with Crippen molar-refractivity contribution in [1.82, 2.24) is 4.90 Å². The van der Waals surface area contributed by atoms with Gasteiger partial charge < -0.3 is 25.0 Å². The number of anilines is 2. The van der Waals surface area contributed by atoms with Gasteiger partial charge in [-0.05, 0) is 43.9 Å². The standard InChI is InChI=1S/C20H27N3O5/c1-27-12-18(24)22-16-11-15(5-6-17(16)28-2)21-19(25)13-7-9-23(10-8-13)20(26)14-3-4-14/h5-6,11,13-14H,3-4,7-10,12H2,1-2H3,(H,21,25)(H,22,24). The summed E-state index contributed by atoms with van der Waals surface area (Å²) in [4.78, 5) is 38.4. The molecule has 8 nitrogen and oxygen atoms in total. The SMILES string of the molecule is COCC(=O)Nc1cc(NC(=O)C2CCN(C(=O)C3CC3)CC2)ccc1OC. The van der Waals surface area contributed by atoms with Crippen LogP contribution in [0, 0.1) is 11.8 Å². The number of rotatable bonds is 7. The predicted molar refractivity (Wildman–Crippen MR) is 104 cm³/mol. The summed E-state index contributed by atoms with van der Waals surface area (Å²) in [7, 11) is 2.95. The van der Waals surface area contributed by atoms with E-state index in [0.29, 0.717) is 43.1 Å². The largest absolute Gasteiger partial charge is 0.495 e. The summed E-state index contributed by atoms with van der Waals surface area (Å²) >= 11 is 0. The number of nitrogens with one attached hydrogen (secondary N) is 2. The van der Waals surface area contributed by atoms with Gasteiger partial charge in [0, 0.05) is 37.7 Å². The molecule has 1 saturated carbocycles. The van der Waals surface area contributed by atoms with Gasteiger partial charge in [-0.2, -0.15) is 0 Å². The molecule has 0 unspecified atom stereocenters. The first-order valence-electron chi connectivity index (χ1n) is 9.58. The molecule has 0 bridgehead atoms. The van der Waals surface area contributed by atoms with E-state index in [9.17, 15) is 14.4 Å². The zero-order chi connectivity index (χ0) is 20.1. The molecule has 1 saturated heterocycles. The molecular formula is C20H27N3O5. The smallest absolute Gasteiger partial charge is 0.250 e. The van der Waals surface area contributed by atoms with Gasteiger partial charge in [-0.1, -0.05) is 0 Å². The summed E-state index contributed by atoms with van der Waals surface area (Å²) in [5, 5.41) is 5.61. The first-order chi connectivity index (χ1) is 13.5. The number of methoxy groups -OCH3 is 2. The topological polar surface area (TPSA) is 97.0 Å². The number of carbonyl (C=O) groups is 3. The molecule has 0 aromatic heterocycles. The second-order valence-corrected chi connectivity index (χ2v) is 7.26. The quantitative estimate of drug-likeness (QED) is 0.742. The van der Waals surface area contributed by atoms with Crippen molar-refractivity contribution in [3.63, 3.8) is 0 Å². The first-order valence-corrected chi connectivity index (χ1v) is 9.58. The van der Waals surface area contributed by atoms with Gasteiger partial charge in [0.2, 0.25) is 17.7 Å². The van der Waals surface area contributed by atoms with E-state index >= 15 is 0 Å². The molecule has 1 aromatic rings. The van der Waals surface area contributed by atoms with E-state index in [1.54, 1.807) is 18.2 Å². The van der Waals surface area contributed by atoms with Crippen LogP contribution >= 0.6 is 0 Å². The number of hydrogen-bond donors (Lipinski definition) is 2. The monoisotopic (exact) mass is 389 g/mol. The Kier molecular flexibility index (Phi) is 6.51. The lowest BCUT2D eigenvalue weighted by Crippen LogP contribution is -2.42. The fourth-order valence-electron chi connectivity index (χ4n) is 3.40. The molecule has 8 heteroatoms. The molecule has 1 aliphatic carbocycles. The Hall–Kier alpha value is -2.61. The van der Waals surface area contributed by atoms with Crippen molar-refractivity contribution in [2.45, 2.75) is 25.7 Å². The molecule has 28 heavy (non-hydrogen) atoms. The molecule has 2 fully saturated rings. The van der Waals surface area contributed by atoms with Crippen LogP contribution < -0.4 is 15.4 Å². The normalized spacial score (nSPS) is 17.1. The number of nitrogens with zero attached hydrogens (tertiary/aromatic N) is 1. The predicted octanol–water partition coefficient (Wildman–Crippen LogP) is 1.87. The minimum atomic E-state index is -0.308. The van der Waals surface area contributed by atoms with E-state index in [1.165, 1.54) is 14.2 Å². The molecule has 1 heterocycles. The fourth-order valence-corrected chi connectivity index (χ4v) is 3.40. The summed E-state index contributed by atoms with van der Waals surface area (Å²) < 4.78 is 10.1. The summed E-state index contributed by atoms with van der Waals surface area (Å²) in [5.74, 6) is 0.447. The second kappa shape index (κ2) is 9.05. The Morgan fingerprint density at radius 2 is 1.75 bits per heavy atom. The number of amides is 3. The number of carbonyl (C=O) groups excluding carboxylic acids is 3. The van der Waals surface area contributed by atoms with Crippen LogP contribution in [0.4, 0.5) is 11.4 Å². The van der Waals surface area contributed by atoms with Crippen LogP contribution in [0.3, 0.4) is 0 Å². The maximum atomic E-state index is 12.6. The average molecular weight is 389 g/mol. The zero-order valence-electron chi connectivity index (χ0n) is 16.3. The Morgan fingerprint density at radius 3 is 2.36 bits per heavy atom. The summed E-state index contributed by atoms with van der Waals surface area (Å²) in [5.41, 5.74) is 1.04. The minimum Gasteiger partial charge on any atom is -0.495 e. The summed E-state index contributed by atoms with van der Waals surface area (Å²) in [6, 6.07) is 5.08. The van der Waals surface area contributed by atoms with E-state index in [2.05, 4.69) is 10.6 Å². The fraction of sp³-hybridized carbons (Fsp3) is 0.550. The van der Waals surface area contributed by atoms with Crippen LogP contribution in [0.2, 0.25) is 0 Å². The Bertz CT molecular complexity index is 739. The lowest BCUT2D eigenvalue weighted by atomic mass is 9.95. The van der Waals surface area contributed by atoms with Crippen LogP contribution in [-0.2, 0) is 19.1 Å². The van der Waals surface area contributed by atoms with Crippen molar-refractivity contribution in [2.24, 2.45) is 11.8 Å². The van der Waals surface area contributed by atoms with Gasteiger partial charge in [-0.3, -0.25) is 14.4 Å². The van der Waals surface area contributed by atoms with Crippen LogP contribution in [0.25, 0.3) is 0 Å². The highest BCUT2D eigenvalue weighted by Gasteiger charge is 2.36. The number of likely N-dealkylation sites (tertiary alicyclic amines) is 1. The van der Waals surface area contributed by atoms with E-state index < -0.39 is 0 Å². The van der Waals surface area contributed by atoms with E-state index in [1.807, 2.05) is 4.90 Å². The molecule has 3 amide bonds. The maximum absolute atomic E-state index is 12.6. The van der Waals surface area contributed by atoms with Gasteiger partial charge in [-0.25, -0.2) is 0 Å². The van der Waals surface area contributed by atoms with E-state index in [0.717, 1.165) is 12.8 Å². The van der Waals surface area contributed by atoms with Crippen molar-refractivity contribution in [1.29, 1.82) is 0 Å². The van der Waals surface area contributed by atoms with E-state index in [-0.39, 0.29) is 36.2 Å². The van der Waals surface area contributed by atoms with Gasteiger partial charge >= 0.3 is 0 Å². The molecule has 3 rings (SSSR count). The third-order valence-electron chi connectivity index (χ3n) is 5.12. The third-order valence-corrected chi connectivity index (χ3v) is 5.12. The maximum Gasteiger partial charge on any atom is 0.250 e. The Morgan fingerprint density at radius 1 is 1.04 bits per heavy atom. The van der Waals surface area contributed by atoms with Crippen molar-refractivity contribution in [2.75, 3.05) is 44.5 Å². The van der Waals surface area contributed by atoms with Crippen molar-refractivity contribution >= 4 is 29.1 Å². The third kappa shape index (κ3) is 5.01. The lowest BCUT2D eigenvalue weighted by molar-refractivity contribution is -0.135. The molecular weight excluding hydrogens is 362 g/mol. The Labute approximate surface area is 164 Å². The molecule has 0 radical (unpaired) electrons. The molecule has 152 valence electrons. The zero-order valence-corrected chi connectivity index (χ0v) is 16.3. The highest BCUT2D eigenvalue weighted by atomic mass is 16.5. The molecule has 1 aromatic carbocycles. The second-order valence-electron chi connectivity index (χ2n) is 7.26. The molecule has 2 aliphatic rings. The highest BCUT2D eigenvalue weighted by molar-refractivity contribution is 5.96. The van der Waals surface area contributed by atoms with E-state index in [4.69, 9.17) is 9.47 Å². The van der Waals surface area contributed by atoms with Gasteiger partial charge in [0.15, 0.2) is 0 Å². The van der Waals surface area contributed by atoms with Crippen molar-refractivity contribution in [3.8, 4) is 5.75 Å². The lowest BCUT2D eigenvalue weighted by Gasteiger charge is -2.31. The van der Waals surface area contributed by atoms with Gasteiger partial charge in [0.1, 0.15) is 12.4 Å². The average Bonchev–Trinajstić information content (AvgIpc) is 3.53. The molecule has 0 atom stereocenters. The molecule has 1 aliphatic heterocycles. The number of ether oxygens (including phenoxy) is 2. The number of benzene rings is 1.